The molecule has 2 nitrogen and oxygen atoms in total. The monoisotopic (exact) mass is 218 g/mol. The predicted octanol–water partition coefficient (Wildman–Crippen LogP) is 3.75. The molecule has 0 spiro atoms. The second-order valence-electron chi connectivity index (χ2n) is 4.83. The summed E-state index contributed by atoms with van der Waals surface area (Å²) in [6.45, 7) is 17.4. The molecule has 0 saturated heterocycles. The van der Waals surface area contributed by atoms with Crippen molar-refractivity contribution in [1.82, 2.24) is 0 Å². The van der Waals surface area contributed by atoms with Gasteiger partial charge < -0.3 is 9.47 Å². The largest absolute Gasteiger partial charge is 0.381 e. The summed E-state index contributed by atoms with van der Waals surface area (Å²) in [5.41, 5.74) is 0. The zero-order chi connectivity index (χ0) is 12.3. The number of hydrogen-bond donors (Lipinski definition) is 0. The van der Waals surface area contributed by atoms with Crippen molar-refractivity contribution in [2.75, 3.05) is 19.8 Å². The fourth-order valence-corrected chi connectivity index (χ4v) is 0.738. The van der Waals surface area contributed by atoms with E-state index in [9.17, 15) is 0 Å². The molecule has 0 heterocycles. The lowest BCUT2D eigenvalue weighted by Crippen LogP contribution is -2.08. The summed E-state index contributed by atoms with van der Waals surface area (Å²) in [5, 5.41) is 0. The molecule has 0 bridgehead atoms. The van der Waals surface area contributed by atoms with Crippen LogP contribution in [0.25, 0.3) is 0 Å². The van der Waals surface area contributed by atoms with Gasteiger partial charge in [0.1, 0.15) is 0 Å². The first kappa shape index (κ1) is 17.3. The SMILES string of the molecule is CC(C)COC(C)C.CCOCC(C)C. The van der Waals surface area contributed by atoms with Gasteiger partial charge in [0.25, 0.3) is 0 Å². The van der Waals surface area contributed by atoms with Gasteiger partial charge in [0.05, 0.1) is 6.10 Å². The predicted molar refractivity (Wildman–Crippen MR) is 67.3 cm³/mol. The van der Waals surface area contributed by atoms with Gasteiger partial charge in [0.2, 0.25) is 0 Å². The van der Waals surface area contributed by atoms with E-state index in [1.54, 1.807) is 0 Å². The van der Waals surface area contributed by atoms with E-state index < -0.39 is 0 Å². The third kappa shape index (κ3) is 24.9. The molecule has 15 heavy (non-hydrogen) atoms. The van der Waals surface area contributed by atoms with Crippen molar-refractivity contribution in [3.05, 3.63) is 0 Å². The van der Waals surface area contributed by atoms with Gasteiger partial charge in [0, 0.05) is 19.8 Å². The highest BCUT2D eigenvalue weighted by Crippen LogP contribution is 1.95. The molecule has 0 amide bonds. The standard InChI is InChI=1S/C7H16O.C6H14O/c1-6(2)5-8-7(3)4;1-4-7-5-6(2)3/h6-7H,5H2,1-4H3;6H,4-5H2,1-3H3. The maximum atomic E-state index is 5.30. The first-order valence-corrected chi connectivity index (χ1v) is 6.09. The molecule has 0 aliphatic rings. The second kappa shape index (κ2) is 12.0. The third-order valence-electron chi connectivity index (χ3n) is 1.42. The topological polar surface area (TPSA) is 18.5 Å². The van der Waals surface area contributed by atoms with Crippen LogP contribution in [0.5, 0.6) is 0 Å². The molecule has 0 rings (SSSR count). The van der Waals surface area contributed by atoms with Crippen molar-refractivity contribution in [3.8, 4) is 0 Å². The molecular formula is C13H30O2. The maximum Gasteiger partial charge on any atom is 0.0518 e. The summed E-state index contributed by atoms with van der Waals surface area (Å²) in [5.74, 6) is 1.34. The summed E-state index contributed by atoms with van der Waals surface area (Å²) in [6, 6.07) is 0. The van der Waals surface area contributed by atoms with Crippen LogP contribution in [0, 0.1) is 11.8 Å². The zero-order valence-electron chi connectivity index (χ0n) is 11.7. The molecule has 0 radical (unpaired) electrons. The summed E-state index contributed by atoms with van der Waals surface area (Å²) in [6.07, 6.45) is 0.386. The van der Waals surface area contributed by atoms with Crippen molar-refractivity contribution >= 4 is 0 Å². The van der Waals surface area contributed by atoms with Crippen LogP contribution in [0.1, 0.15) is 48.5 Å². The molecular weight excluding hydrogens is 188 g/mol. The van der Waals surface area contributed by atoms with Crippen LogP contribution in [0.3, 0.4) is 0 Å². The van der Waals surface area contributed by atoms with Crippen LogP contribution in [-0.2, 0) is 9.47 Å². The van der Waals surface area contributed by atoms with Crippen LogP contribution in [-0.4, -0.2) is 25.9 Å². The lowest BCUT2D eigenvalue weighted by atomic mass is 10.2. The highest BCUT2D eigenvalue weighted by Gasteiger charge is 1.94. The molecule has 0 fully saturated rings. The van der Waals surface area contributed by atoms with E-state index in [1.165, 1.54) is 0 Å². The van der Waals surface area contributed by atoms with Gasteiger partial charge in [-0.1, -0.05) is 27.7 Å². The van der Waals surface area contributed by atoms with Crippen molar-refractivity contribution < 1.29 is 9.47 Å². The Hall–Kier alpha value is -0.0800. The lowest BCUT2D eigenvalue weighted by Gasteiger charge is -2.08. The van der Waals surface area contributed by atoms with E-state index in [0.29, 0.717) is 17.9 Å². The van der Waals surface area contributed by atoms with E-state index in [0.717, 1.165) is 19.8 Å². The van der Waals surface area contributed by atoms with E-state index in [4.69, 9.17) is 9.47 Å². The Morgan fingerprint density at radius 3 is 1.40 bits per heavy atom. The number of rotatable bonds is 6. The molecule has 0 aliphatic carbocycles. The van der Waals surface area contributed by atoms with Gasteiger partial charge in [-0.25, -0.2) is 0 Å². The molecule has 0 saturated carbocycles. The Balaban J connectivity index is 0. The average Bonchev–Trinajstić information content (AvgIpc) is 2.12. The highest BCUT2D eigenvalue weighted by atomic mass is 16.5. The Bertz CT molecular complexity index is 101. The fraction of sp³-hybridized carbons (Fsp3) is 1.00. The van der Waals surface area contributed by atoms with Crippen molar-refractivity contribution in [2.45, 2.75) is 54.6 Å². The van der Waals surface area contributed by atoms with Crippen LogP contribution < -0.4 is 0 Å². The van der Waals surface area contributed by atoms with Crippen LogP contribution in [0.4, 0.5) is 0 Å². The molecule has 0 aromatic rings. The van der Waals surface area contributed by atoms with Gasteiger partial charge >= 0.3 is 0 Å². The molecule has 0 aromatic carbocycles. The molecule has 0 N–H and O–H groups in total. The molecule has 2 heteroatoms. The second-order valence-corrected chi connectivity index (χ2v) is 4.83. The maximum absolute atomic E-state index is 5.30. The normalized spacial score (nSPS) is 10.8. The minimum absolute atomic E-state index is 0.386. The van der Waals surface area contributed by atoms with Gasteiger partial charge in [-0.15, -0.1) is 0 Å². The van der Waals surface area contributed by atoms with Crippen LogP contribution >= 0.6 is 0 Å². The average molecular weight is 218 g/mol. The Morgan fingerprint density at radius 1 is 0.800 bits per heavy atom. The Morgan fingerprint density at radius 2 is 1.27 bits per heavy atom. The zero-order valence-corrected chi connectivity index (χ0v) is 11.7. The molecule has 0 aliphatic heterocycles. The van der Waals surface area contributed by atoms with Crippen molar-refractivity contribution in [2.24, 2.45) is 11.8 Å². The van der Waals surface area contributed by atoms with Gasteiger partial charge in [0.15, 0.2) is 0 Å². The molecule has 94 valence electrons. The van der Waals surface area contributed by atoms with Gasteiger partial charge in [-0.3, -0.25) is 0 Å². The molecule has 0 unspecified atom stereocenters. The van der Waals surface area contributed by atoms with Crippen LogP contribution in [0.2, 0.25) is 0 Å². The third-order valence-corrected chi connectivity index (χ3v) is 1.42. The van der Waals surface area contributed by atoms with E-state index in [-0.39, 0.29) is 0 Å². The fourth-order valence-electron chi connectivity index (χ4n) is 0.738. The Labute approximate surface area is 96.4 Å². The minimum atomic E-state index is 0.386. The van der Waals surface area contributed by atoms with Crippen LogP contribution in [0.15, 0.2) is 0 Å². The smallest absolute Gasteiger partial charge is 0.0518 e. The summed E-state index contributed by atoms with van der Waals surface area (Å²) in [7, 11) is 0. The first-order chi connectivity index (χ1) is 6.90. The highest BCUT2D eigenvalue weighted by molar-refractivity contribution is 4.41. The first-order valence-electron chi connectivity index (χ1n) is 6.09. The van der Waals surface area contributed by atoms with E-state index in [1.807, 2.05) is 6.92 Å². The Kier molecular flexibility index (Phi) is 13.8. The van der Waals surface area contributed by atoms with E-state index in [2.05, 4.69) is 41.5 Å². The molecule has 0 aromatic heterocycles. The summed E-state index contributed by atoms with van der Waals surface area (Å²) < 4.78 is 10.4. The quantitative estimate of drug-likeness (QED) is 0.676. The lowest BCUT2D eigenvalue weighted by molar-refractivity contribution is 0.0593. The minimum Gasteiger partial charge on any atom is -0.381 e. The number of hydrogen-bond acceptors (Lipinski definition) is 2. The van der Waals surface area contributed by atoms with E-state index >= 15 is 0 Å². The number of ether oxygens (including phenoxy) is 2. The van der Waals surface area contributed by atoms with Gasteiger partial charge in [-0.2, -0.15) is 0 Å². The van der Waals surface area contributed by atoms with Gasteiger partial charge in [-0.05, 0) is 32.6 Å². The summed E-state index contributed by atoms with van der Waals surface area (Å²) >= 11 is 0. The van der Waals surface area contributed by atoms with Crippen molar-refractivity contribution in [1.29, 1.82) is 0 Å². The summed E-state index contributed by atoms with van der Waals surface area (Å²) in [4.78, 5) is 0. The molecule has 0 atom stereocenters. The van der Waals surface area contributed by atoms with Crippen molar-refractivity contribution in [3.63, 3.8) is 0 Å².